The molecule has 2 aromatic carbocycles. The number of piperidine rings is 2. The van der Waals surface area contributed by atoms with Gasteiger partial charge in [0, 0.05) is 78.3 Å². The molecule has 1 N–H and O–H groups in total. The van der Waals surface area contributed by atoms with Crippen molar-refractivity contribution < 1.29 is 23.7 Å². The highest BCUT2D eigenvalue weighted by Gasteiger charge is 2.77. The lowest BCUT2D eigenvalue weighted by Gasteiger charge is -2.65. The summed E-state index contributed by atoms with van der Waals surface area (Å²) >= 11 is 0. The zero-order valence-corrected chi connectivity index (χ0v) is 30.3. The highest BCUT2D eigenvalue weighted by molar-refractivity contribution is 5.93. The third-order valence-corrected chi connectivity index (χ3v) is 16.9. The number of methoxy groups -OCH3 is 2. The van der Waals surface area contributed by atoms with Gasteiger partial charge < -0.3 is 29.2 Å². The number of para-hydroxylation sites is 2. The summed E-state index contributed by atoms with van der Waals surface area (Å²) in [6.45, 7) is 6.83. The Kier molecular flexibility index (Phi) is 5.46. The lowest BCUT2D eigenvalue weighted by atomic mass is 9.47. The first-order chi connectivity index (χ1) is 25.4. The number of hydrogen-bond acceptors (Lipinski definition) is 9. The molecule has 0 unspecified atom stereocenters. The second kappa shape index (κ2) is 9.46. The lowest BCUT2D eigenvalue weighted by molar-refractivity contribution is -0.152. The number of carbonyl (C=O) groups is 1. The summed E-state index contributed by atoms with van der Waals surface area (Å²) in [5, 5.41) is 3.81. The van der Waals surface area contributed by atoms with Gasteiger partial charge in [-0.1, -0.05) is 30.3 Å². The summed E-state index contributed by atoms with van der Waals surface area (Å²) in [6.07, 6.45) is 8.62. The Bertz CT molecular complexity index is 2080. The molecule has 9 aliphatic heterocycles. The highest BCUT2D eigenvalue weighted by Crippen LogP contribution is 2.75. The number of nitrogens with zero attached hydrogens (tertiary/aromatic N) is 3. The Labute approximate surface area is 305 Å². The molecular formula is C43H48N4O5. The molecule has 270 valence electrons. The summed E-state index contributed by atoms with van der Waals surface area (Å²) in [4.78, 5) is 22.5. The van der Waals surface area contributed by atoms with E-state index in [4.69, 9.17) is 18.9 Å². The maximum Gasteiger partial charge on any atom is 0.335 e. The van der Waals surface area contributed by atoms with Crippen molar-refractivity contribution in [3.8, 4) is 5.75 Å². The van der Waals surface area contributed by atoms with Gasteiger partial charge in [0.05, 0.1) is 48.5 Å². The number of ether oxygens (including phenoxy) is 4. The van der Waals surface area contributed by atoms with Gasteiger partial charge in [-0.2, -0.15) is 0 Å². The number of rotatable bonds is 2. The third kappa shape index (κ3) is 3.01. The molecule has 52 heavy (non-hydrogen) atoms. The van der Waals surface area contributed by atoms with Crippen LogP contribution in [0.3, 0.4) is 0 Å². The number of hydrogen-bond donors (Lipinski definition) is 1. The number of benzene rings is 2. The standard InChI is InChI=1S/C43H48N4O5/c1-49-30-9-5-7-28-32(30)47-24-39(20-25-21-40-13-18-51-31(40)10-15-45-16-12-43(28,34(25)47)36(40)45)23-46-17-11-42-27-6-3-4-8-29(27)44-33(42)26(35(48)50-2)22-41(37(42)46)14-19-52-38(39)41/h3-9,31,36-38,44H,10-24H2,1-2H3/t31-,36-,37-,38-,39-,40+,41-,42-,43-/m0/s1. The zero-order chi connectivity index (χ0) is 34.4. The molecule has 13 rings (SSSR count). The monoisotopic (exact) mass is 700 g/mol. The molecule has 11 aliphatic rings. The van der Waals surface area contributed by atoms with E-state index in [0.717, 1.165) is 114 Å². The molecule has 0 bridgehead atoms. The van der Waals surface area contributed by atoms with Gasteiger partial charge in [0.15, 0.2) is 0 Å². The Morgan fingerprint density at radius 1 is 0.827 bits per heavy atom. The summed E-state index contributed by atoms with van der Waals surface area (Å²) in [5.74, 6) is 0.809. The maximum atomic E-state index is 14.0. The predicted octanol–water partition coefficient (Wildman–Crippen LogP) is 5.11. The molecule has 6 fully saturated rings. The predicted molar refractivity (Wildman–Crippen MR) is 194 cm³/mol. The van der Waals surface area contributed by atoms with Crippen molar-refractivity contribution in [2.75, 3.05) is 70.4 Å². The molecule has 0 amide bonds. The highest BCUT2D eigenvalue weighted by atomic mass is 16.5. The lowest BCUT2D eigenvalue weighted by Crippen LogP contribution is -2.72. The van der Waals surface area contributed by atoms with Crippen molar-refractivity contribution >= 4 is 17.3 Å². The quantitative estimate of drug-likeness (QED) is 0.431. The Hall–Kier alpha value is -3.37. The minimum absolute atomic E-state index is 0.0197. The van der Waals surface area contributed by atoms with E-state index in [2.05, 4.69) is 62.5 Å². The summed E-state index contributed by atoms with van der Waals surface area (Å²) < 4.78 is 25.9. The van der Waals surface area contributed by atoms with E-state index in [-0.39, 0.29) is 45.2 Å². The van der Waals surface area contributed by atoms with Gasteiger partial charge in [0.25, 0.3) is 0 Å². The van der Waals surface area contributed by atoms with Crippen molar-refractivity contribution in [2.24, 2.45) is 16.2 Å². The van der Waals surface area contributed by atoms with Crippen LogP contribution in [-0.2, 0) is 29.8 Å². The molecule has 0 radical (unpaired) electrons. The van der Waals surface area contributed by atoms with Crippen molar-refractivity contribution in [2.45, 2.75) is 86.5 Å². The second-order valence-corrected chi connectivity index (χ2v) is 18.4. The van der Waals surface area contributed by atoms with Crippen LogP contribution in [0.4, 0.5) is 11.4 Å². The average Bonchev–Trinajstić information content (AvgIpc) is 4.02. The van der Waals surface area contributed by atoms with Gasteiger partial charge in [-0.25, -0.2) is 4.79 Å². The second-order valence-electron chi connectivity index (χ2n) is 18.4. The minimum Gasteiger partial charge on any atom is -0.495 e. The van der Waals surface area contributed by atoms with E-state index in [1.807, 2.05) is 7.11 Å². The number of allylic oxidation sites excluding steroid dienone is 1. The van der Waals surface area contributed by atoms with Crippen molar-refractivity contribution in [1.82, 2.24) is 9.80 Å². The molecule has 2 aromatic rings. The number of nitrogens with one attached hydrogen (secondary N) is 1. The fourth-order valence-electron chi connectivity index (χ4n) is 16.1. The largest absolute Gasteiger partial charge is 0.495 e. The molecule has 0 aromatic heterocycles. The summed E-state index contributed by atoms with van der Waals surface area (Å²) in [5.41, 5.74) is 9.97. The van der Waals surface area contributed by atoms with E-state index in [1.165, 1.54) is 16.8 Å². The van der Waals surface area contributed by atoms with Crippen molar-refractivity contribution in [1.29, 1.82) is 0 Å². The number of esters is 1. The van der Waals surface area contributed by atoms with Gasteiger partial charge in [0.2, 0.25) is 0 Å². The van der Waals surface area contributed by atoms with E-state index in [9.17, 15) is 4.79 Å². The van der Waals surface area contributed by atoms with Crippen LogP contribution in [0, 0.1) is 16.2 Å². The van der Waals surface area contributed by atoms with Crippen molar-refractivity contribution in [3.63, 3.8) is 0 Å². The van der Waals surface area contributed by atoms with Crippen LogP contribution in [0.1, 0.15) is 62.5 Å². The SMILES string of the molecule is COC(=O)C1=C2Nc3ccccc3[C@@]23CCN2C[C@]4(CC5=C6N(C4)c4c(OC)cccc4[C@@]64CCN6CC[C@@H]7OCC[C@]7(C5)[C@H]64)[C@@H]4OCC[C@]4(C1)[C@H]23. The van der Waals surface area contributed by atoms with E-state index in [1.54, 1.807) is 18.4 Å². The van der Waals surface area contributed by atoms with Crippen LogP contribution in [0.25, 0.3) is 0 Å². The summed E-state index contributed by atoms with van der Waals surface area (Å²) in [6, 6.07) is 16.4. The van der Waals surface area contributed by atoms with Crippen LogP contribution >= 0.6 is 0 Å². The summed E-state index contributed by atoms with van der Waals surface area (Å²) in [7, 11) is 3.40. The molecule has 9 heterocycles. The van der Waals surface area contributed by atoms with E-state index < -0.39 is 0 Å². The first kappa shape index (κ1) is 30.0. The fourth-order valence-corrected chi connectivity index (χ4v) is 16.1. The van der Waals surface area contributed by atoms with E-state index in [0.29, 0.717) is 18.6 Å². The molecule has 9 heteroatoms. The molecule has 0 saturated carbocycles. The van der Waals surface area contributed by atoms with Crippen LogP contribution in [0.2, 0.25) is 0 Å². The first-order valence-corrected chi connectivity index (χ1v) is 20.0. The van der Waals surface area contributed by atoms with Crippen LogP contribution in [0.15, 0.2) is 65.0 Å². The van der Waals surface area contributed by atoms with Crippen LogP contribution < -0.4 is 15.0 Å². The maximum absolute atomic E-state index is 14.0. The number of fused-ring (bicyclic) bond motifs is 4. The van der Waals surface area contributed by atoms with Gasteiger partial charge in [-0.3, -0.25) is 9.80 Å². The topological polar surface area (TPSA) is 75.7 Å². The van der Waals surface area contributed by atoms with Gasteiger partial charge >= 0.3 is 5.97 Å². The number of carbonyl (C=O) groups excluding carboxylic acids is 1. The fraction of sp³-hybridized carbons (Fsp3) is 0.605. The minimum atomic E-state index is -0.265. The molecular weight excluding hydrogens is 652 g/mol. The van der Waals surface area contributed by atoms with Crippen LogP contribution in [-0.4, -0.2) is 100 Å². The van der Waals surface area contributed by atoms with Crippen LogP contribution in [0.5, 0.6) is 5.75 Å². The molecule has 9 nitrogen and oxygen atoms in total. The molecule has 6 saturated heterocycles. The molecule has 9 atom stereocenters. The zero-order valence-electron chi connectivity index (χ0n) is 30.3. The normalized spacial score (nSPS) is 44.1. The van der Waals surface area contributed by atoms with Gasteiger partial charge in [-0.15, -0.1) is 0 Å². The Morgan fingerprint density at radius 3 is 2.54 bits per heavy atom. The average molecular weight is 701 g/mol. The Balaban J connectivity index is 1.03. The van der Waals surface area contributed by atoms with Gasteiger partial charge in [-0.05, 0) is 93.3 Å². The third-order valence-electron chi connectivity index (χ3n) is 16.9. The van der Waals surface area contributed by atoms with Crippen molar-refractivity contribution in [3.05, 3.63) is 76.1 Å². The number of anilines is 2. The molecule has 2 aliphatic carbocycles. The Morgan fingerprint density at radius 2 is 1.63 bits per heavy atom. The molecule has 5 spiro atoms. The smallest absolute Gasteiger partial charge is 0.335 e. The van der Waals surface area contributed by atoms with E-state index >= 15 is 0 Å². The van der Waals surface area contributed by atoms with Gasteiger partial charge in [0.1, 0.15) is 5.75 Å². The first-order valence-electron chi connectivity index (χ1n) is 20.0.